The van der Waals surface area contributed by atoms with E-state index in [9.17, 15) is 13.2 Å². The van der Waals surface area contributed by atoms with Gasteiger partial charge in [-0.15, -0.1) is 22.7 Å². The molecule has 2 aromatic heterocycles. The SMILES string of the molecule is Cc1ccc(C)c(NS(=O)(=O)c2cc(-c3nc(C)c(C(=O)N4CCCC4)s3)cs2)c1. The first-order valence-electron chi connectivity index (χ1n) is 9.70. The summed E-state index contributed by atoms with van der Waals surface area (Å²) in [5, 5.41) is 2.44. The fourth-order valence-corrected chi connectivity index (χ4v) is 6.77. The van der Waals surface area contributed by atoms with Crippen LogP contribution in [0.3, 0.4) is 0 Å². The largest absolute Gasteiger partial charge is 0.338 e. The first-order valence-corrected chi connectivity index (χ1v) is 12.9. The predicted octanol–water partition coefficient (Wildman–Crippen LogP) is 4.83. The van der Waals surface area contributed by atoms with Gasteiger partial charge in [-0.1, -0.05) is 12.1 Å². The van der Waals surface area contributed by atoms with E-state index in [0.717, 1.165) is 54.0 Å². The minimum Gasteiger partial charge on any atom is -0.338 e. The summed E-state index contributed by atoms with van der Waals surface area (Å²) in [4.78, 5) is 19.8. The van der Waals surface area contributed by atoms with Crippen LogP contribution in [-0.2, 0) is 10.0 Å². The first-order chi connectivity index (χ1) is 14.2. The minimum atomic E-state index is -3.70. The van der Waals surface area contributed by atoms with E-state index in [-0.39, 0.29) is 10.1 Å². The molecule has 1 aliphatic rings. The molecule has 30 heavy (non-hydrogen) atoms. The zero-order valence-electron chi connectivity index (χ0n) is 17.1. The summed E-state index contributed by atoms with van der Waals surface area (Å²) in [6.45, 7) is 7.20. The van der Waals surface area contributed by atoms with Crippen LogP contribution in [0, 0.1) is 20.8 Å². The van der Waals surface area contributed by atoms with Crippen molar-refractivity contribution in [3.8, 4) is 10.6 Å². The molecule has 0 radical (unpaired) electrons. The Morgan fingerprint density at radius 3 is 2.60 bits per heavy atom. The monoisotopic (exact) mass is 461 g/mol. The molecular weight excluding hydrogens is 438 g/mol. The van der Waals surface area contributed by atoms with E-state index < -0.39 is 10.0 Å². The highest BCUT2D eigenvalue weighted by atomic mass is 32.2. The lowest BCUT2D eigenvalue weighted by Gasteiger charge is -2.13. The average Bonchev–Trinajstić information content (AvgIpc) is 3.44. The number of anilines is 1. The number of nitrogens with one attached hydrogen (secondary N) is 1. The van der Waals surface area contributed by atoms with Gasteiger partial charge in [0, 0.05) is 24.0 Å². The van der Waals surface area contributed by atoms with Gasteiger partial charge in [0.1, 0.15) is 14.1 Å². The molecule has 0 saturated carbocycles. The number of nitrogens with zero attached hydrogens (tertiary/aromatic N) is 2. The Labute approximate surface area is 184 Å². The number of benzene rings is 1. The fourth-order valence-electron chi connectivity index (χ4n) is 3.39. The van der Waals surface area contributed by atoms with Crippen LogP contribution >= 0.6 is 22.7 Å². The Morgan fingerprint density at radius 1 is 1.13 bits per heavy atom. The van der Waals surface area contributed by atoms with Crippen molar-refractivity contribution in [1.82, 2.24) is 9.88 Å². The van der Waals surface area contributed by atoms with Crippen molar-refractivity contribution in [2.75, 3.05) is 17.8 Å². The second-order valence-electron chi connectivity index (χ2n) is 7.51. The molecule has 1 aromatic carbocycles. The number of thiazole rings is 1. The van der Waals surface area contributed by atoms with Gasteiger partial charge in [0.2, 0.25) is 0 Å². The smallest absolute Gasteiger partial charge is 0.271 e. The number of amides is 1. The molecule has 3 aromatic rings. The zero-order chi connectivity index (χ0) is 21.5. The molecule has 0 spiro atoms. The van der Waals surface area contributed by atoms with Crippen molar-refractivity contribution >= 4 is 44.3 Å². The third kappa shape index (κ3) is 4.14. The van der Waals surface area contributed by atoms with E-state index in [1.807, 2.05) is 43.9 Å². The predicted molar refractivity (Wildman–Crippen MR) is 122 cm³/mol. The van der Waals surface area contributed by atoms with Gasteiger partial charge in [-0.3, -0.25) is 9.52 Å². The van der Waals surface area contributed by atoms with E-state index in [4.69, 9.17) is 0 Å². The van der Waals surface area contributed by atoms with Gasteiger partial charge in [-0.25, -0.2) is 13.4 Å². The van der Waals surface area contributed by atoms with Crippen LogP contribution in [-0.4, -0.2) is 37.3 Å². The summed E-state index contributed by atoms with van der Waals surface area (Å²) in [5.41, 5.74) is 3.83. The lowest BCUT2D eigenvalue weighted by atomic mass is 10.1. The van der Waals surface area contributed by atoms with Crippen molar-refractivity contribution in [1.29, 1.82) is 0 Å². The van der Waals surface area contributed by atoms with Gasteiger partial charge in [0.05, 0.1) is 11.4 Å². The summed E-state index contributed by atoms with van der Waals surface area (Å²) in [5.74, 6) is 0.0217. The summed E-state index contributed by atoms with van der Waals surface area (Å²) >= 11 is 2.48. The molecule has 9 heteroatoms. The molecule has 158 valence electrons. The van der Waals surface area contributed by atoms with Crippen LogP contribution in [0.1, 0.15) is 39.3 Å². The minimum absolute atomic E-state index is 0.0217. The number of hydrogen-bond acceptors (Lipinski definition) is 6. The highest BCUT2D eigenvalue weighted by Gasteiger charge is 2.25. The number of hydrogen-bond donors (Lipinski definition) is 1. The molecule has 1 amide bonds. The molecule has 0 aliphatic carbocycles. The van der Waals surface area contributed by atoms with E-state index in [2.05, 4.69) is 9.71 Å². The maximum Gasteiger partial charge on any atom is 0.271 e. The van der Waals surface area contributed by atoms with E-state index in [1.54, 1.807) is 11.4 Å². The van der Waals surface area contributed by atoms with Gasteiger partial charge in [0.25, 0.3) is 15.9 Å². The number of aromatic nitrogens is 1. The molecule has 6 nitrogen and oxygen atoms in total. The van der Waals surface area contributed by atoms with Crippen molar-refractivity contribution < 1.29 is 13.2 Å². The van der Waals surface area contributed by atoms with Gasteiger partial charge < -0.3 is 4.90 Å². The van der Waals surface area contributed by atoms with E-state index >= 15 is 0 Å². The molecule has 1 saturated heterocycles. The number of rotatable bonds is 5. The summed E-state index contributed by atoms with van der Waals surface area (Å²) in [7, 11) is -3.70. The molecule has 1 N–H and O–H groups in total. The number of sulfonamides is 1. The highest BCUT2D eigenvalue weighted by molar-refractivity contribution is 7.94. The van der Waals surface area contributed by atoms with Gasteiger partial charge >= 0.3 is 0 Å². The van der Waals surface area contributed by atoms with Crippen molar-refractivity contribution in [3.05, 3.63) is 51.3 Å². The summed E-state index contributed by atoms with van der Waals surface area (Å²) in [6, 6.07) is 7.29. The normalized spacial score (nSPS) is 14.3. The van der Waals surface area contributed by atoms with Crippen molar-refractivity contribution in [2.45, 2.75) is 37.8 Å². The van der Waals surface area contributed by atoms with Crippen LogP contribution in [0.25, 0.3) is 10.6 Å². The van der Waals surface area contributed by atoms with Crippen molar-refractivity contribution in [3.63, 3.8) is 0 Å². The second-order valence-corrected chi connectivity index (χ2v) is 11.3. The maximum absolute atomic E-state index is 12.9. The Bertz CT molecular complexity index is 1210. The Morgan fingerprint density at radius 2 is 1.87 bits per heavy atom. The van der Waals surface area contributed by atoms with Crippen LogP contribution < -0.4 is 4.72 Å². The van der Waals surface area contributed by atoms with Crippen LogP contribution in [0.5, 0.6) is 0 Å². The van der Waals surface area contributed by atoms with Gasteiger partial charge in [-0.05, 0) is 56.9 Å². The molecule has 1 fully saturated rings. The standard InChI is InChI=1S/C21H23N3O3S3/c1-13-6-7-14(2)17(10-13)23-30(26,27)18-11-16(12-28-18)20-22-15(3)19(29-20)21(25)24-8-4-5-9-24/h6-7,10-12,23H,4-5,8-9H2,1-3H3. The topological polar surface area (TPSA) is 79.4 Å². The molecule has 0 unspecified atom stereocenters. The zero-order valence-corrected chi connectivity index (χ0v) is 19.5. The third-order valence-corrected chi connectivity index (χ3v) is 9.11. The number of likely N-dealkylation sites (tertiary alicyclic amines) is 1. The average molecular weight is 462 g/mol. The molecule has 4 rings (SSSR count). The lowest BCUT2D eigenvalue weighted by Crippen LogP contribution is -2.27. The quantitative estimate of drug-likeness (QED) is 0.590. The Kier molecular flexibility index (Phi) is 5.69. The molecule has 3 heterocycles. The molecule has 0 bridgehead atoms. The molecular formula is C21H23N3O3S3. The van der Waals surface area contributed by atoms with Crippen molar-refractivity contribution in [2.24, 2.45) is 0 Å². The summed E-state index contributed by atoms with van der Waals surface area (Å²) < 4.78 is 28.7. The van der Waals surface area contributed by atoms with Crippen LogP contribution in [0.2, 0.25) is 0 Å². The molecule has 1 aliphatic heterocycles. The lowest BCUT2D eigenvalue weighted by molar-refractivity contribution is 0.0796. The Balaban J connectivity index is 1.59. The van der Waals surface area contributed by atoms with E-state index in [0.29, 0.717) is 21.3 Å². The maximum atomic E-state index is 12.9. The van der Waals surface area contributed by atoms with Crippen LogP contribution in [0.15, 0.2) is 33.9 Å². The number of carbonyl (C=O) groups excluding carboxylic acids is 1. The van der Waals surface area contributed by atoms with Gasteiger partial charge in [-0.2, -0.15) is 0 Å². The van der Waals surface area contributed by atoms with Crippen LogP contribution in [0.4, 0.5) is 5.69 Å². The number of carbonyl (C=O) groups is 1. The summed E-state index contributed by atoms with van der Waals surface area (Å²) in [6.07, 6.45) is 2.07. The highest BCUT2D eigenvalue weighted by Crippen LogP contribution is 2.34. The second kappa shape index (κ2) is 8.13. The van der Waals surface area contributed by atoms with Gasteiger partial charge in [0.15, 0.2) is 0 Å². The third-order valence-electron chi connectivity index (χ3n) is 5.11. The number of thiophene rings is 1. The Hall–Kier alpha value is -2.23. The van der Waals surface area contributed by atoms with E-state index in [1.165, 1.54) is 11.3 Å². The number of aryl methyl sites for hydroxylation is 3. The fraction of sp³-hybridized carbons (Fsp3) is 0.333. The first kappa shape index (κ1) is 21.0. The molecule has 0 atom stereocenters.